The Morgan fingerprint density at radius 3 is 2.62 bits per heavy atom. The molecule has 2 aromatic rings. The molecule has 0 atom stereocenters. The van der Waals surface area contributed by atoms with Crippen molar-refractivity contribution in [3.8, 4) is 0 Å². The van der Waals surface area contributed by atoms with Gasteiger partial charge in [-0.25, -0.2) is 4.79 Å². The van der Waals surface area contributed by atoms with Crippen LogP contribution in [0.5, 0.6) is 0 Å². The first-order chi connectivity index (χ1) is 15.4. The molecular formula is C24H33ClN4O3. The van der Waals surface area contributed by atoms with Crippen LogP contribution in [-0.2, 0) is 16.0 Å². The molecule has 1 aliphatic heterocycles. The van der Waals surface area contributed by atoms with Crippen molar-refractivity contribution in [3.63, 3.8) is 0 Å². The lowest BCUT2D eigenvalue weighted by atomic mass is 10.0. The molecule has 2 heterocycles. The molecule has 32 heavy (non-hydrogen) atoms. The Hall–Kier alpha value is -2.51. The Morgan fingerprint density at radius 1 is 1.19 bits per heavy atom. The number of aromatic amines is 1. The third kappa shape index (κ3) is 6.26. The first-order valence-electron chi connectivity index (χ1n) is 11.2. The molecular weight excluding hydrogens is 428 g/mol. The van der Waals surface area contributed by atoms with Crippen LogP contribution in [0.3, 0.4) is 0 Å². The zero-order valence-corrected chi connectivity index (χ0v) is 19.9. The van der Waals surface area contributed by atoms with Gasteiger partial charge in [0.25, 0.3) is 0 Å². The highest BCUT2D eigenvalue weighted by molar-refractivity contribution is 6.30. The van der Waals surface area contributed by atoms with E-state index in [4.69, 9.17) is 16.3 Å². The van der Waals surface area contributed by atoms with E-state index in [2.05, 4.69) is 26.2 Å². The van der Waals surface area contributed by atoms with Crippen LogP contribution in [0, 0.1) is 13.8 Å². The summed E-state index contributed by atoms with van der Waals surface area (Å²) in [5, 5.41) is 3.78. The molecule has 2 N–H and O–H groups in total. The number of halogens is 1. The fourth-order valence-electron chi connectivity index (χ4n) is 4.15. The number of carbonyl (C=O) groups is 2. The lowest BCUT2D eigenvalue weighted by Gasteiger charge is -2.36. The average Bonchev–Trinajstić information content (AvgIpc) is 3.06. The van der Waals surface area contributed by atoms with Crippen LogP contribution in [0.15, 0.2) is 24.3 Å². The molecule has 0 spiro atoms. The van der Waals surface area contributed by atoms with Gasteiger partial charge in [-0.05, 0) is 56.5 Å². The summed E-state index contributed by atoms with van der Waals surface area (Å²) in [7, 11) is 0. The third-order valence-electron chi connectivity index (χ3n) is 5.97. The number of carbonyl (C=O) groups excluding carboxylic acids is 2. The van der Waals surface area contributed by atoms with Crippen LogP contribution >= 0.6 is 11.6 Å². The number of aromatic nitrogens is 1. The minimum Gasteiger partial charge on any atom is -0.461 e. The minimum atomic E-state index is -0.348. The van der Waals surface area contributed by atoms with Crippen molar-refractivity contribution in [2.45, 2.75) is 33.6 Å². The number of aryl methyl sites for hydroxylation is 1. The summed E-state index contributed by atoms with van der Waals surface area (Å²) >= 11 is 6.10. The predicted molar refractivity (Wildman–Crippen MR) is 128 cm³/mol. The fraction of sp³-hybridized carbons (Fsp3) is 0.500. The number of benzene rings is 1. The van der Waals surface area contributed by atoms with Gasteiger partial charge in [0.1, 0.15) is 5.69 Å². The maximum atomic E-state index is 12.3. The van der Waals surface area contributed by atoms with E-state index < -0.39 is 0 Å². The highest BCUT2D eigenvalue weighted by Crippen LogP contribution is 2.21. The van der Waals surface area contributed by atoms with Crippen LogP contribution in [0.1, 0.15) is 40.7 Å². The molecule has 1 aliphatic rings. The van der Waals surface area contributed by atoms with Gasteiger partial charge in [0.05, 0.1) is 6.61 Å². The quantitative estimate of drug-likeness (QED) is 0.561. The van der Waals surface area contributed by atoms with Gasteiger partial charge in [-0.1, -0.05) is 17.7 Å². The summed E-state index contributed by atoms with van der Waals surface area (Å²) < 4.78 is 5.09. The Morgan fingerprint density at radius 2 is 1.94 bits per heavy atom. The van der Waals surface area contributed by atoms with E-state index in [-0.39, 0.29) is 11.9 Å². The Kier molecular flexibility index (Phi) is 8.59. The molecule has 0 radical (unpaired) electrons. The lowest BCUT2D eigenvalue weighted by molar-refractivity contribution is -0.121. The van der Waals surface area contributed by atoms with Gasteiger partial charge < -0.3 is 19.9 Å². The maximum Gasteiger partial charge on any atom is 0.355 e. The Balaban J connectivity index is 1.38. The number of hydrogen-bond acceptors (Lipinski definition) is 5. The molecule has 0 aliphatic carbocycles. The molecule has 0 unspecified atom stereocenters. The number of piperazine rings is 1. The van der Waals surface area contributed by atoms with Gasteiger partial charge >= 0.3 is 5.97 Å². The van der Waals surface area contributed by atoms with Crippen molar-refractivity contribution in [1.29, 1.82) is 0 Å². The highest BCUT2D eigenvalue weighted by atomic mass is 35.5. The van der Waals surface area contributed by atoms with Gasteiger partial charge in [-0.2, -0.15) is 0 Å². The Labute approximate surface area is 195 Å². The normalized spacial score (nSPS) is 14.4. The third-order valence-corrected chi connectivity index (χ3v) is 6.21. The van der Waals surface area contributed by atoms with E-state index in [0.29, 0.717) is 31.7 Å². The van der Waals surface area contributed by atoms with Crippen molar-refractivity contribution < 1.29 is 14.3 Å². The van der Waals surface area contributed by atoms with Gasteiger partial charge in [-0.3, -0.25) is 9.69 Å². The molecule has 8 heteroatoms. The average molecular weight is 461 g/mol. The molecule has 0 bridgehead atoms. The minimum absolute atomic E-state index is 0.0280. The second kappa shape index (κ2) is 11.4. The molecule has 1 aromatic carbocycles. The van der Waals surface area contributed by atoms with E-state index in [9.17, 15) is 9.59 Å². The standard InChI is InChI=1S/C24H33ClN4O3/c1-4-32-24(31)23-17(2)21(18(3)27-23)8-9-22(30)26-10-11-28-12-14-29(15-13-28)20-7-5-6-19(25)16-20/h5-7,16,27H,4,8-15H2,1-3H3,(H,26,30). The van der Waals surface area contributed by atoms with Crippen molar-refractivity contribution in [2.75, 3.05) is 50.8 Å². The number of hydrogen-bond donors (Lipinski definition) is 2. The summed E-state index contributed by atoms with van der Waals surface area (Å²) in [6, 6.07) is 7.96. The van der Waals surface area contributed by atoms with Crippen LogP contribution in [0.4, 0.5) is 5.69 Å². The van der Waals surface area contributed by atoms with E-state index in [1.165, 1.54) is 0 Å². The van der Waals surface area contributed by atoms with Crippen molar-refractivity contribution in [3.05, 3.63) is 51.8 Å². The highest BCUT2D eigenvalue weighted by Gasteiger charge is 2.19. The van der Waals surface area contributed by atoms with E-state index in [0.717, 1.165) is 60.3 Å². The summed E-state index contributed by atoms with van der Waals surface area (Å²) in [4.78, 5) is 32.2. The molecule has 1 amide bonds. The molecule has 1 saturated heterocycles. The zero-order valence-electron chi connectivity index (χ0n) is 19.2. The number of esters is 1. The van der Waals surface area contributed by atoms with Gasteiger partial charge in [0.2, 0.25) is 5.91 Å². The Bertz CT molecular complexity index is 935. The van der Waals surface area contributed by atoms with Crippen LogP contribution < -0.4 is 10.2 Å². The van der Waals surface area contributed by atoms with Crippen LogP contribution in [0.2, 0.25) is 5.02 Å². The van der Waals surface area contributed by atoms with Crippen LogP contribution in [-0.4, -0.2) is 67.6 Å². The first-order valence-corrected chi connectivity index (χ1v) is 11.6. The topological polar surface area (TPSA) is 77.7 Å². The predicted octanol–water partition coefficient (Wildman–Crippen LogP) is 3.33. The molecule has 3 rings (SSSR count). The largest absolute Gasteiger partial charge is 0.461 e. The number of nitrogens with one attached hydrogen (secondary N) is 2. The monoisotopic (exact) mass is 460 g/mol. The fourth-order valence-corrected chi connectivity index (χ4v) is 4.34. The summed E-state index contributed by atoms with van der Waals surface area (Å²) in [6.07, 6.45) is 0.988. The van der Waals surface area contributed by atoms with Crippen molar-refractivity contribution >= 4 is 29.2 Å². The van der Waals surface area contributed by atoms with E-state index >= 15 is 0 Å². The molecule has 7 nitrogen and oxygen atoms in total. The van der Waals surface area contributed by atoms with Gasteiger partial charge in [0.15, 0.2) is 0 Å². The zero-order chi connectivity index (χ0) is 23.1. The summed E-state index contributed by atoms with van der Waals surface area (Å²) in [6.45, 7) is 11.2. The van der Waals surface area contributed by atoms with Crippen molar-refractivity contribution in [1.82, 2.24) is 15.2 Å². The number of nitrogens with zero attached hydrogens (tertiary/aromatic N) is 2. The second-order valence-corrected chi connectivity index (χ2v) is 8.54. The van der Waals surface area contributed by atoms with E-state index in [1.54, 1.807) is 6.92 Å². The van der Waals surface area contributed by atoms with Gasteiger partial charge in [-0.15, -0.1) is 0 Å². The lowest BCUT2D eigenvalue weighted by Crippen LogP contribution is -2.48. The smallest absolute Gasteiger partial charge is 0.355 e. The van der Waals surface area contributed by atoms with Gasteiger partial charge in [0, 0.05) is 62.1 Å². The number of rotatable bonds is 9. The molecule has 174 valence electrons. The maximum absolute atomic E-state index is 12.3. The number of H-pyrrole nitrogens is 1. The number of ether oxygens (including phenoxy) is 1. The molecule has 1 aromatic heterocycles. The number of amides is 1. The summed E-state index contributed by atoms with van der Waals surface area (Å²) in [5.74, 6) is -0.320. The van der Waals surface area contributed by atoms with E-state index in [1.807, 2.05) is 32.0 Å². The van der Waals surface area contributed by atoms with Crippen molar-refractivity contribution in [2.24, 2.45) is 0 Å². The first kappa shape index (κ1) is 24.1. The second-order valence-electron chi connectivity index (χ2n) is 8.11. The molecule has 0 saturated carbocycles. The molecule has 1 fully saturated rings. The SMILES string of the molecule is CCOC(=O)c1[nH]c(C)c(CCC(=O)NCCN2CCN(c3cccc(Cl)c3)CC2)c1C. The van der Waals surface area contributed by atoms with Crippen LogP contribution in [0.25, 0.3) is 0 Å². The summed E-state index contributed by atoms with van der Waals surface area (Å²) in [5.41, 5.74) is 4.44. The number of anilines is 1.